The van der Waals surface area contributed by atoms with Gasteiger partial charge in [0.05, 0.1) is 9.52 Å². The van der Waals surface area contributed by atoms with Crippen LogP contribution in [-0.4, -0.2) is 9.52 Å². The molecule has 4 heteroatoms. The van der Waals surface area contributed by atoms with Crippen LogP contribution in [0.4, 0.5) is 0 Å². The Kier molecular flexibility index (Phi) is 7.41. The molecule has 0 N–H and O–H groups in total. The molecule has 0 aromatic heterocycles. The van der Waals surface area contributed by atoms with Crippen molar-refractivity contribution < 1.29 is 26.2 Å². The summed E-state index contributed by atoms with van der Waals surface area (Å²) in [6.07, 6.45) is 0.928. The van der Waals surface area contributed by atoms with Crippen molar-refractivity contribution in [3.05, 3.63) is 42.7 Å². The summed E-state index contributed by atoms with van der Waals surface area (Å²) in [6.45, 7) is 22.9. The van der Waals surface area contributed by atoms with E-state index in [9.17, 15) is 0 Å². The van der Waals surface area contributed by atoms with Gasteiger partial charge in [-0.25, -0.2) is 0 Å². The molecule has 144 valence electrons. The van der Waals surface area contributed by atoms with Gasteiger partial charge in [-0.05, 0) is 35.8 Å². The summed E-state index contributed by atoms with van der Waals surface area (Å²) in [5, 5.41) is 5.19. The van der Waals surface area contributed by atoms with Gasteiger partial charge in [0.15, 0.2) is 0 Å². The molecule has 0 amide bonds. The first-order chi connectivity index (χ1) is 11.1. The van der Waals surface area contributed by atoms with Crippen LogP contribution in [0.1, 0.15) is 75.7 Å². The summed E-state index contributed by atoms with van der Waals surface area (Å²) in [7, 11) is -0.643. The number of hydrogen-bond acceptors (Lipinski definition) is 0. The van der Waals surface area contributed by atoms with E-state index in [-0.39, 0.29) is 42.4 Å². The minimum Gasteiger partial charge on any atom is -0.0885 e. The van der Waals surface area contributed by atoms with Crippen molar-refractivity contribution in [2.45, 2.75) is 75.7 Å². The molecule has 0 aromatic carbocycles. The molecule has 0 spiro atoms. The van der Waals surface area contributed by atoms with Gasteiger partial charge in [0.25, 0.3) is 0 Å². The molecule has 0 heterocycles. The topological polar surface area (TPSA) is 0 Å². The normalized spacial score (nSPS) is 21.7. The zero-order chi connectivity index (χ0) is 19.5. The molecule has 0 saturated carbocycles. The Hall–Kier alpha value is 0.640. The van der Waals surface area contributed by atoms with E-state index in [4.69, 9.17) is 23.2 Å². The largest absolute Gasteiger partial charge is 0.0885 e. The molecule has 0 saturated heterocycles. The molecule has 0 aliphatic heterocycles. The van der Waals surface area contributed by atoms with Gasteiger partial charge >= 0.3 is 0 Å². The fourth-order valence-corrected chi connectivity index (χ4v) is 8.78. The molecule has 0 aromatic rings. The summed E-state index contributed by atoms with van der Waals surface area (Å²) in [5.41, 5.74) is 5.94. The van der Waals surface area contributed by atoms with Crippen LogP contribution in [0.15, 0.2) is 42.7 Å². The first-order valence-corrected chi connectivity index (χ1v) is 11.5. The van der Waals surface area contributed by atoms with Crippen LogP contribution in [0.25, 0.3) is 0 Å². The van der Waals surface area contributed by atoms with Crippen LogP contribution in [-0.2, 0) is 26.2 Å². The van der Waals surface area contributed by atoms with Gasteiger partial charge in [0.2, 0.25) is 0 Å². The van der Waals surface area contributed by atoms with Crippen LogP contribution in [0.3, 0.4) is 0 Å². The van der Waals surface area contributed by atoms with Crippen molar-refractivity contribution in [3.8, 4) is 0 Å². The predicted octanol–water partition coefficient (Wildman–Crippen LogP) is 7.22. The molecule has 0 atom stereocenters. The number of rotatable bonds is 2. The average molecular weight is 489 g/mol. The van der Waals surface area contributed by atoms with Gasteiger partial charge in [-0.2, -0.15) is 0 Å². The third-order valence-corrected chi connectivity index (χ3v) is 9.54. The Balaban J connectivity index is 0.00000338. The molecule has 0 unspecified atom stereocenters. The molecule has 2 aliphatic carbocycles. The first-order valence-electron chi connectivity index (χ1n) is 9.29. The van der Waals surface area contributed by atoms with Crippen molar-refractivity contribution >= 4 is 32.7 Å². The first kappa shape index (κ1) is 24.7. The monoisotopic (exact) mass is 486 g/mol. The molecular formula is C22H34Cl2SiZr. The Bertz CT molecular complexity index is 735. The van der Waals surface area contributed by atoms with Crippen molar-refractivity contribution in [3.63, 3.8) is 0 Å². The van der Waals surface area contributed by atoms with E-state index in [1.54, 1.807) is 10.4 Å². The third kappa shape index (κ3) is 4.29. The predicted molar refractivity (Wildman–Crippen MR) is 117 cm³/mol. The summed E-state index contributed by atoms with van der Waals surface area (Å²) >= 11 is 13.4. The Morgan fingerprint density at radius 3 is 1.77 bits per heavy atom. The van der Waals surface area contributed by atoms with E-state index in [1.165, 1.54) is 22.3 Å². The summed E-state index contributed by atoms with van der Waals surface area (Å²) < 4.78 is 0. The van der Waals surface area contributed by atoms with Crippen LogP contribution >= 0.6 is 23.2 Å². The van der Waals surface area contributed by atoms with E-state index < -0.39 is 9.52 Å². The molecular weight excluding hydrogens is 454 g/mol. The van der Waals surface area contributed by atoms with Gasteiger partial charge in [0, 0.05) is 48.1 Å². The van der Waals surface area contributed by atoms with Crippen LogP contribution in [0.5, 0.6) is 0 Å². The maximum Gasteiger partial charge on any atom is 0.0883 e. The van der Waals surface area contributed by atoms with Crippen molar-refractivity contribution in [1.82, 2.24) is 0 Å². The fraction of sp³-hybridized carbons (Fsp3) is 0.636. The van der Waals surface area contributed by atoms with Gasteiger partial charge in [-0.15, -0.1) is 0 Å². The van der Waals surface area contributed by atoms with Crippen LogP contribution in [0, 0.1) is 16.2 Å². The van der Waals surface area contributed by atoms with E-state index in [1.807, 2.05) is 0 Å². The minimum absolute atomic E-state index is 0. The number of halogens is 2. The van der Waals surface area contributed by atoms with Crippen LogP contribution < -0.4 is 0 Å². The van der Waals surface area contributed by atoms with Crippen molar-refractivity contribution in [1.29, 1.82) is 0 Å². The number of allylic oxidation sites excluding steroid dienone is 8. The fourth-order valence-electron chi connectivity index (χ4n) is 4.81. The second-order valence-electron chi connectivity index (χ2n) is 10.3. The van der Waals surface area contributed by atoms with Crippen LogP contribution in [0.2, 0.25) is 0 Å². The maximum atomic E-state index is 6.83. The maximum absolute atomic E-state index is 6.83. The summed E-state index contributed by atoms with van der Waals surface area (Å²) in [4.78, 5) is 0. The molecule has 2 rings (SSSR count). The Morgan fingerprint density at radius 1 is 0.846 bits per heavy atom. The molecule has 0 bridgehead atoms. The SMILES string of the molecule is CC1=C(Cl)CC(C(C)(C)C)=C1[SiH2]C1=C(C(C)(C)C)C(C)(C)C(Cl)=C1C.[Zr]. The summed E-state index contributed by atoms with van der Waals surface area (Å²) in [6, 6.07) is 0. The summed E-state index contributed by atoms with van der Waals surface area (Å²) in [5.74, 6) is 0. The van der Waals surface area contributed by atoms with Crippen molar-refractivity contribution in [2.75, 3.05) is 0 Å². The van der Waals surface area contributed by atoms with E-state index in [2.05, 4.69) is 69.2 Å². The zero-order valence-electron chi connectivity index (χ0n) is 18.2. The van der Waals surface area contributed by atoms with Crippen molar-refractivity contribution in [2.24, 2.45) is 16.2 Å². The molecule has 0 fully saturated rings. The Morgan fingerprint density at radius 2 is 1.35 bits per heavy atom. The van der Waals surface area contributed by atoms with E-state index in [0.717, 1.165) is 16.5 Å². The third-order valence-electron chi connectivity index (χ3n) is 5.82. The molecule has 0 radical (unpaired) electrons. The van der Waals surface area contributed by atoms with Gasteiger partial charge < -0.3 is 0 Å². The smallest absolute Gasteiger partial charge is 0.0883 e. The zero-order valence-corrected chi connectivity index (χ0v) is 23.6. The number of hydrogen-bond donors (Lipinski definition) is 0. The van der Waals surface area contributed by atoms with Gasteiger partial charge in [0.1, 0.15) is 0 Å². The van der Waals surface area contributed by atoms with E-state index >= 15 is 0 Å². The van der Waals surface area contributed by atoms with E-state index in [0.29, 0.717) is 0 Å². The Labute approximate surface area is 192 Å². The quantitative estimate of drug-likeness (QED) is 0.360. The minimum atomic E-state index is -0.643. The second-order valence-corrected chi connectivity index (χ2v) is 12.9. The average Bonchev–Trinajstić information content (AvgIpc) is 2.79. The van der Waals surface area contributed by atoms with Gasteiger partial charge in [-0.3, -0.25) is 0 Å². The standard InChI is InChI=1S/C22H34Cl2Si.Zr/c1-12-15(23)11-14(20(3,4)5)16(12)25-17-13(2)19(24)22(9,10)18(17)21(6,7)8;/h11,25H2,1-10H3;. The second kappa shape index (κ2) is 7.81. The van der Waals surface area contributed by atoms with Gasteiger partial charge in [-0.1, -0.05) is 100 Å². The molecule has 0 nitrogen and oxygen atoms in total. The molecule has 26 heavy (non-hydrogen) atoms. The molecule has 2 aliphatic rings.